The maximum absolute atomic E-state index is 9.06. The van der Waals surface area contributed by atoms with E-state index in [1.54, 1.807) is 0 Å². The normalized spacial score (nSPS) is 10.8. The van der Waals surface area contributed by atoms with Gasteiger partial charge < -0.3 is 20.5 Å². The first-order chi connectivity index (χ1) is 10.2. The monoisotopic (exact) mass is 310 g/mol. The van der Waals surface area contributed by atoms with Gasteiger partial charge in [-0.3, -0.25) is 0 Å². The summed E-state index contributed by atoms with van der Waals surface area (Å²) in [6.07, 6.45) is 3.27. The highest BCUT2D eigenvalue weighted by atomic mass is 32.1. The van der Waals surface area contributed by atoms with E-state index in [0.29, 0.717) is 11.6 Å². The highest BCUT2D eigenvalue weighted by molar-refractivity contribution is 7.80. The summed E-state index contributed by atoms with van der Waals surface area (Å²) in [5.41, 5.74) is 6.43. The van der Waals surface area contributed by atoms with Crippen LogP contribution in [0.3, 0.4) is 0 Å². The van der Waals surface area contributed by atoms with Gasteiger partial charge in [0.25, 0.3) is 0 Å². The third kappa shape index (κ3) is 7.41. The molecule has 4 nitrogen and oxygen atoms in total. The second-order valence-electron chi connectivity index (χ2n) is 5.01. The molecule has 0 spiro atoms. The molecule has 0 saturated carbocycles. The van der Waals surface area contributed by atoms with Crippen LogP contribution in [0.25, 0.3) is 0 Å². The van der Waals surface area contributed by atoms with Crippen LogP contribution in [0.4, 0.5) is 0 Å². The Morgan fingerprint density at radius 3 is 2.71 bits per heavy atom. The summed E-state index contributed by atoms with van der Waals surface area (Å²) in [5.74, 6) is 0.794. The predicted molar refractivity (Wildman–Crippen MR) is 90.9 cm³/mol. The van der Waals surface area contributed by atoms with Crippen molar-refractivity contribution in [1.82, 2.24) is 4.90 Å². The van der Waals surface area contributed by atoms with Crippen molar-refractivity contribution in [2.75, 3.05) is 32.8 Å². The molecule has 1 aromatic carbocycles. The molecule has 0 heterocycles. The number of aliphatic hydroxyl groups is 1. The van der Waals surface area contributed by atoms with Crippen LogP contribution in [0.15, 0.2) is 24.3 Å². The summed E-state index contributed by atoms with van der Waals surface area (Å²) >= 11 is 4.95. The fourth-order valence-corrected chi connectivity index (χ4v) is 2.20. The van der Waals surface area contributed by atoms with Gasteiger partial charge in [0.2, 0.25) is 0 Å². The van der Waals surface area contributed by atoms with E-state index in [2.05, 4.69) is 11.8 Å². The Labute approximate surface area is 132 Å². The number of unbranched alkanes of at least 4 members (excludes halogenated alkanes) is 1. The SMILES string of the molecule is CCCCN(CCO)CCCOc1cccc(C(N)=S)c1. The van der Waals surface area contributed by atoms with Crippen molar-refractivity contribution in [1.29, 1.82) is 0 Å². The fraction of sp³-hybridized carbons (Fsp3) is 0.562. The number of aliphatic hydroxyl groups excluding tert-OH is 1. The van der Waals surface area contributed by atoms with Crippen LogP contribution in [0.1, 0.15) is 31.7 Å². The van der Waals surface area contributed by atoms with Crippen LogP contribution in [0, 0.1) is 0 Å². The van der Waals surface area contributed by atoms with Gasteiger partial charge in [0.05, 0.1) is 13.2 Å². The second-order valence-corrected chi connectivity index (χ2v) is 5.45. The molecule has 0 aliphatic rings. The fourth-order valence-electron chi connectivity index (χ4n) is 2.08. The number of nitrogens with zero attached hydrogens (tertiary/aromatic N) is 1. The zero-order valence-corrected chi connectivity index (χ0v) is 13.6. The van der Waals surface area contributed by atoms with E-state index in [9.17, 15) is 0 Å². The summed E-state index contributed by atoms with van der Waals surface area (Å²) in [5, 5.41) is 9.06. The van der Waals surface area contributed by atoms with Crippen LogP contribution in [0.2, 0.25) is 0 Å². The molecule has 0 aromatic heterocycles. The van der Waals surface area contributed by atoms with Crippen LogP contribution in [-0.2, 0) is 0 Å². The Kier molecular flexibility index (Phi) is 8.98. The van der Waals surface area contributed by atoms with Gasteiger partial charge in [-0.25, -0.2) is 0 Å². The largest absolute Gasteiger partial charge is 0.494 e. The lowest BCUT2D eigenvalue weighted by Gasteiger charge is -2.20. The number of rotatable bonds is 11. The summed E-state index contributed by atoms with van der Waals surface area (Å²) in [6, 6.07) is 7.54. The predicted octanol–water partition coefficient (Wildman–Crippen LogP) is 2.18. The molecular weight excluding hydrogens is 284 g/mol. The van der Waals surface area contributed by atoms with Crippen molar-refractivity contribution in [3.8, 4) is 5.75 Å². The Hall–Kier alpha value is -1.17. The minimum atomic E-state index is 0.209. The van der Waals surface area contributed by atoms with E-state index < -0.39 is 0 Å². The van der Waals surface area contributed by atoms with Gasteiger partial charge in [-0.1, -0.05) is 37.7 Å². The zero-order valence-electron chi connectivity index (χ0n) is 12.8. The summed E-state index contributed by atoms with van der Waals surface area (Å²) in [4.78, 5) is 2.66. The van der Waals surface area contributed by atoms with Gasteiger partial charge in [0.1, 0.15) is 10.7 Å². The van der Waals surface area contributed by atoms with Crippen molar-refractivity contribution in [3.05, 3.63) is 29.8 Å². The molecule has 21 heavy (non-hydrogen) atoms. The van der Waals surface area contributed by atoms with Crippen LogP contribution >= 0.6 is 12.2 Å². The molecule has 0 unspecified atom stereocenters. The average molecular weight is 310 g/mol. The molecule has 0 saturated heterocycles. The highest BCUT2D eigenvalue weighted by Crippen LogP contribution is 2.13. The Morgan fingerprint density at radius 2 is 2.05 bits per heavy atom. The highest BCUT2D eigenvalue weighted by Gasteiger charge is 2.04. The molecule has 0 amide bonds. The second kappa shape index (κ2) is 10.5. The molecule has 0 bridgehead atoms. The summed E-state index contributed by atoms with van der Waals surface area (Å²) < 4.78 is 5.73. The Morgan fingerprint density at radius 1 is 1.29 bits per heavy atom. The lowest BCUT2D eigenvalue weighted by atomic mass is 10.2. The summed E-state index contributed by atoms with van der Waals surface area (Å²) in [7, 11) is 0. The number of benzene rings is 1. The van der Waals surface area contributed by atoms with Crippen molar-refractivity contribution < 1.29 is 9.84 Å². The van der Waals surface area contributed by atoms with Gasteiger partial charge >= 0.3 is 0 Å². The van der Waals surface area contributed by atoms with Crippen molar-refractivity contribution in [2.24, 2.45) is 5.73 Å². The molecule has 0 aliphatic carbocycles. The first-order valence-electron chi connectivity index (χ1n) is 7.53. The molecule has 5 heteroatoms. The first kappa shape index (κ1) is 17.9. The minimum absolute atomic E-state index is 0.209. The van der Waals surface area contributed by atoms with Crippen molar-refractivity contribution in [3.63, 3.8) is 0 Å². The molecule has 0 atom stereocenters. The smallest absolute Gasteiger partial charge is 0.119 e. The molecular formula is C16H26N2O2S. The molecule has 0 radical (unpaired) electrons. The van der Waals surface area contributed by atoms with Crippen molar-refractivity contribution in [2.45, 2.75) is 26.2 Å². The first-order valence-corrected chi connectivity index (χ1v) is 7.94. The van der Waals surface area contributed by atoms with Gasteiger partial charge in [-0.2, -0.15) is 0 Å². The van der Waals surface area contributed by atoms with E-state index in [1.807, 2.05) is 24.3 Å². The third-order valence-electron chi connectivity index (χ3n) is 3.25. The van der Waals surface area contributed by atoms with Gasteiger partial charge in [-0.05, 0) is 31.5 Å². The molecule has 0 aliphatic heterocycles. The van der Waals surface area contributed by atoms with E-state index in [4.69, 9.17) is 27.8 Å². The van der Waals surface area contributed by atoms with E-state index in [1.165, 1.54) is 6.42 Å². The number of nitrogens with two attached hydrogens (primary N) is 1. The lowest BCUT2D eigenvalue weighted by Crippen LogP contribution is -2.30. The minimum Gasteiger partial charge on any atom is -0.494 e. The van der Waals surface area contributed by atoms with Crippen LogP contribution in [-0.4, -0.2) is 47.8 Å². The molecule has 0 fully saturated rings. The number of hydrogen-bond donors (Lipinski definition) is 2. The lowest BCUT2D eigenvalue weighted by molar-refractivity contribution is 0.181. The molecule has 3 N–H and O–H groups in total. The third-order valence-corrected chi connectivity index (χ3v) is 3.49. The molecule has 118 valence electrons. The van der Waals surface area contributed by atoms with Gasteiger partial charge in [-0.15, -0.1) is 0 Å². The quantitative estimate of drug-likeness (QED) is 0.485. The summed E-state index contributed by atoms with van der Waals surface area (Å²) in [6.45, 7) is 5.74. The molecule has 1 aromatic rings. The van der Waals surface area contributed by atoms with E-state index in [0.717, 1.165) is 43.8 Å². The van der Waals surface area contributed by atoms with E-state index >= 15 is 0 Å². The number of ether oxygens (including phenoxy) is 1. The van der Waals surface area contributed by atoms with Crippen LogP contribution in [0.5, 0.6) is 5.75 Å². The standard InChI is InChI=1S/C16H26N2O2S/c1-2-3-8-18(10-11-19)9-5-12-20-15-7-4-6-14(13-15)16(17)21/h4,6-7,13,19H,2-3,5,8-12H2,1H3,(H2,17,21). The maximum Gasteiger partial charge on any atom is 0.119 e. The average Bonchev–Trinajstić information content (AvgIpc) is 2.49. The van der Waals surface area contributed by atoms with Crippen molar-refractivity contribution >= 4 is 17.2 Å². The maximum atomic E-state index is 9.06. The van der Waals surface area contributed by atoms with Gasteiger partial charge in [0, 0.05) is 18.7 Å². The van der Waals surface area contributed by atoms with Gasteiger partial charge in [0.15, 0.2) is 0 Å². The van der Waals surface area contributed by atoms with E-state index in [-0.39, 0.29) is 6.61 Å². The zero-order chi connectivity index (χ0) is 15.5. The van der Waals surface area contributed by atoms with Crippen LogP contribution < -0.4 is 10.5 Å². The Balaban J connectivity index is 2.31. The number of hydrogen-bond acceptors (Lipinski definition) is 4. The topological polar surface area (TPSA) is 58.7 Å². The number of thiocarbonyl (C=S) groups is 1. The molecule has 1 rings (SSSR count). The Bertz CT molecular complexity index is 426.